The van der Waals surface area contributed by atoms with Gasteiger partial charge in [0, 0.05) is 12.2 Å². The van der Waals surface area contributed by atoms with E-state index in [4.69, 9.17) is 11.2 Å². The highest BCUT2D eigenvalue weighted by Crippen LogP contribution is 2.04. The largest absolute Gasteiger partial charge is 0.463 e. The van der Waals surface area contributed by atoms with Crippen molar-refractivity contribution >= 4 is 11.9 Å². The van der Waals surface area contributed by atoms with Crippen molar-refractivity contribution in [1.82, 2.24) is 5.32 Å². The molecule has 4 heteroatoms. The number of ether oxygens (including phenoxy) is 1. The van der Waals surface area contributed by atoms with Gasteiger partial charge in [0.05, 0.1) is 13.2 Å². The van der Waals surface area contributed by atoms with Gasteiger partial charge in [0.15, 0.2) is 0 Å². The highest BCUT2D eigenvalue weighted by Gasteiger charge is 1.99. The maximum Gasteiger partial charge on any atom is 0.330 e. The molecule has 0 atom stereocenters. The topological polar surface area (TPSA) is 55.4 Å². The van der Waals surface area contributed by atoms with Crippen LogP contribution in [-0.4, -0.2) is 25.0 Å². The van der Waals surface area contributed by atoms with Gasteiger partial charge in [0.1, 0.15) is 0 Å². The van der Waals surface area contributed by atoms with Crippen molar-refractivity contribution in [2.24, 2.45) is 0 Å². The van der Waals surface area contributed by atoms with Gasteiger partial charge in [-0.15, -0.1) is 6.42 Å². The van der Waals surface area contributed by atoms with E-state index in [1.807, 2.05) is 0 Å². The lowest BCUT2D eigenvalue weighted by atomic mass is 10.1. The lowest BCUT2D eigenvalue weighted by Crippen LogP contribution is -2.21. The highest BCUT2D eigenvalue weighted by atomic mass is 16.5. The standard InChI is InChI=1S/C15H23NO3/c1-3-5-6-7-8-9-13-19-15(18)11-10-14(17)16-12-4-2/h2,10-11H,3,5-9,12-13H2,1H3,(H,16,17)/b11-10+. The number of nitrogens with one attached hydrogen (secondary N) is 1. The van der Waals surface area contributed by atoms with Crippen LogP contribution in [0.15, 0.2) is 12.2 Å². The third-order valence-electron chi connectivity index (χ3n) is 2.48. The van der Waals surface area contributed by atoms with Crippen LogP contribution in [0, 0.1) is 12.3 Å². The van der Waals surface area contributed by atoms with Gasteiger partial charge in [-0.2, -0.15) is 0 Å². The molecule has 0 saturated heterocycles. The molecule has 19 heavy (non-hydrogen) atoms. The molecular weight excluding hydrogens is 242 g/mol. The van der Waals surface area contributed by atoms with E-state index in [0.29, 0.717) is 6.61 Å². The summed E-state index contributed by atoms with van der Waals surface area (Å²) >= 11 is 0. The summed E-state index contributed by atoms with van der Waals surface area (Å²) in [5.74, 6) is 1.38. The molecule has 0 aliphatic heterocycles. The maximum atomic E-state index is 11.2. The van der Waals surface area contributed by atoms with Crippen LogP contribution >= 0.6 is 0 Å². The number of carbonyl (C=O) groups is 2. The van der Waals surface area contributed by atoms with Gasteiger partial charge in [0.2, 0.25) is 5.91 Å². The lowest BCUT2D eigenvalue weighted by Gasteiger charge is -2.02. The van der Waals surface area contributed by atoms with E-state index in [2.05, 4.69) is 18.2 Å². The molecule has 0 aromatic rings. The zero-order chi connectivity index (χ0) is 14.3. The molecule has 0 aliphatic rings. The monoisotopic (exact) mass is 265 g/mol. The summed E-state index contributed by atoms with van der Waals surface area (Å²) in [5, 5.41) is 2.41. The summed E-state index contributed by atoms with van der Waals surface area (Å²) in [7, 11) is 0. The zero-order valence-electron chi connectivity index (χ0n) is 11.6. The van der Waals surface area contributed by atoms with Gasteiger partial charge in [-0.3, -0.25) is 4.79 Å². The quantitative estimate of drug-likeness (QED) is 0.285. The third-order valence-corrected chi connectivity index (χ3v) is 2.48. The van der Waals surface area contributed by atoms with Gasteiger partial charge >= 0.3 is 5.97 Å². The molecule has 0 rings (SSSR count). The predicted octanol–water partition coefficient (Wildman–Crippen LogP) is 2.20. The Labute approximate surface area is 115 Å². The number of terminal acetylenes is 1. The van der Waals surface area contributed by atoms with Gasteiger partial charge in [-0.1, -0.05) is 44.9 Å². The fourth-order valence-corrected chi connectivity index (χ4v) is 1.44. The van der Waals surface area contributed by atoms with Crippen LogP contribution < -0.4 is 5.32 Å². The Bertz CT molecular complexity index is 329. The molecule has 0 aromatic carbocycles. The summed E-state index contributed by atoms with van der Waals surface area (Å²) in [5.41, 5.74) is 0. The number of rotatable bonds is 10. The van der Waals surface area contributed by atoms with Gasteiger partial charge < -0.3 is 10.1 Å². The highest BCUT2D eigenvalue weighted by molar-refractivity contribution is 5.94. The first kappa shape index (κ1) is 17.2. The second kappa shape index (κ2) is 12.7. The van der Waals surface area contributed by atoms with Gasteiger partial charge in [-0.25, -0.2) is 4.79 Å². The number of esters is 1. The second-order valence-corrected chi connectivity index (χ2v) is 4.19. The van der Waals surface area contributed by atoms with Gasteiger partial charge in [0.25, 0.3) is 0 Å². The van der Waals surface area contributed by atoms with Crippen LogP contribution in [0.4, 0.5) is 0 Å². The Morgan fingerprint density at radius 2 is 1.84 bits per heavy atom. The number of hydrogen-bond donors (Lipinski definition) is 1. The minimum atomic E-state index is -0.496. The fourth-order valence-electron chi connectivity index (χ4n) is 1.44. The predicted molar refractivity (Wildman–Crippen MR) is 75.3 cm³/mol. The van der Waals surface area contributed by atoms with Crippen molar-refractivity contribution in [2.45, 2.75) is 45.4 Å². The van der Waals surface area contributed by atoms with Crippen LogP contribution in [0.3, 0.4) is 0 Å². The lowest BCUT2D eigenvalue weighted by molar-refractivity contribution is -0.138. The molecule has 0 radical (unpaired) electrons. The summed E-state index contributed by atoms with van der Waals surface area (Å²) in [4.78, 5) is 22.3. The van der Waals surface area contributed by atoms with Crippen LogP contribution in [0.2, 0.25) is 0 Å². The summed E-state index contributed by atoms with van der Waals surface area (Å²) in [6.07, 6.45) is 14.0. The Morgan fingerprint density at radius 1 is 1.16 bits per heavy atom. The SMILES string of the molecule is C#CCNC(=O)/C=C/C(=O)OCCCCCCCC. The van der Waals surface area contributed by atoms with E-state index >= 15 is 0 Å². The molecule has 4 nitrogen and oxygen atoms in total. The van der Waals surface area contributed by atoms with Crippen LogP contribution in [0.25, 0.3) is 0 Å². The molecule has 1 N–H and O–H groups in total. The molecule has 0 aliphatic carbocycles. The number of unbranched alkanes of at least 4 members (excludes halogenated alkanes) is 5. The normalized spacial score (nSPS) is 10.1. The molecule has 0 heterocycles. The van der Waals surface area contributed by atoms with Gasteiger partial charge in [-0.05, 0) is 6.42 Å². The molecule has 0 fully saturated rings. The van der Waals surface area contributed by atoms with E-state index in [0.717, 1.165) is 25.0 Å². The Morgan fingerprint density at radius 3 is 2.53 bits per heavy atom. The van der Waals surface area contributed by atoms with E-state index in [9.17, 15) is 9.59 Å². The molecule has 0 bridgehead atoms. The van der Waals surface area contributed by atoms with Crippen molar-refractivity contribution in [1.29, 1.82) is 0 Å². The first-order valence-electron chi connectivity index (χ1n) is 6.76. The minimum absolute atomic E-state index is 0.149. The van der Waals surface area contributed by atoms with Crippen molar-refractivity contribution in [3.8, 4) is 12.3 Å². The van der Waals surface area contributed by atoms with E-state index in [1.165, 1.54) is 25.7 Å². The first-order chi connectivity index (χ1) is 9.20. The Hall–Kier alpha value is -1.76. The van der Waals surface area contributed by atoms with E-state index < -0.39 is 11.9 Å². The summed E-state index contributed by atoms with van der Waals surface area (Å²) in [6.45, 7) is 2.73. The number of hydrogen-bond acceptors (Lipinski definition) is 3. The van der Waals surface area contributed by atoms with Crippen molar-refractivity contribution < 1.29 is 14.3 Å². The Balaban J connectivity index is 3.51. The van der Waals surface area contributed by atoms with E-state index in [1.54, 1.807) is 0 Å². The third kappa shape index (κ3) is 12.5. The van der Waals surface area contributed by atoms with Crippen molar-refractivity contribution in [2.75, 3.05) is 13.2 Å². The maximum absolute atomic E-state index is 11.2. The zero-order valence-corrected chi connectivity index (χ0v) is 11.6. The molecular formula is C15H23NO3. The summed E-state index contributed by atoms with van der Waals surface area (Å²) in [6, 6.07) is 0. The van der Waals surface area contributed by atoms with Crippen LogP contribution in [0.1, 0.15) is 45.4 Å². The second-order valence-electron chi connectivity index (χ2n) is 4.19. The van der Waals surface area contributed by atoms with Crippen molar-refractivity contribution in [3.63, 3.8) is 0 Å². The van der Waals surface area contributed by atoms with E-state index in [-0.39, 0.29) is 6.54 Å². The van der Waals surface area contributed by atoms with Crippen molar-refractivity contribution in [3.05, 3.63) is 12.2 Å². The first-order valence-corrected chi connectivity index (χ1v) is 6.76. The van der Waals surface area contributed by atoms with Crippen LogP contribution in [-0.2, 0) is 14.3 Å². The average molecular weight is 265 g/mol. The molecule has 1 amide bonds. The molecule has 0 saturated carbocycles. The smallest absolute Gasteiger partial charge is 0.330 e. The average Bonchev–Trinajstić information content (AvgIpc) is 2.41. The number of carbonyl (C=O) groups excluding carboxylic acids is 2. The minimum Gasteiger partial charge on any atom is -0.463 e. The molecule has 0 unspecified atom stereocenters. The molecule has 106 valence electrons. The molecule has 0 spiro atoms. The Kier molecular flexibility index (Phi) is 11.5. The fraction of sp³-hybridized carbons (Fsp3) is 0.600. The van der Waals surface area contributed by atoms with Crippen LogP contribution in [0.5, 0.6) is 0 Å². The number of amides is 1. The summed E-state index contributed by atoms with van der Waals surface area (Å²) < 4.78 is 4.96. The molecule has 0 aromatic heterocycles.